The maximum Gasteiger partial charge on any atom is 0.886 e. The molecule has 1 radical (unpaired) electrons. The number of carbonyl (C=O) groups excluding carboxylic acids is 2. The molecule has 2 N–H and O–H groups in total. The van der Waals surface area contributed by atoms with Crippen LogP contribution in [0.25, 0.3) is 0 Å². The molecule has 0 aliphatic carbocycles. The second kappa shape index (κ2) is 4.06. The second-order valence-electron chi connectivity index (χ2n) is 1.30. The van der Waals surface area contributed by atoms with Gasteiger partial charge in [-0.3, -0.25) is 9.59 Å². The molecule has 0 aromatic carbocycles. The average Bonchev–Trinajstić information content (AvgIpc) is 1.97. The summed E-state index contributed by atoms with van der Waals surface area (Å²) in [5, 5.41) is 0. The van der Waals surface area contributed by atoms with E-state index in [-0.39, 0.29) is 5.48 Å². The Kier molecular flexibility index (Phi) is 3.73. The van der Waals surface area contributed by atoms with Crippen LogP contribution in [0.4, 0.5) is 0 Å². The van der Waals surface area contributed by atoms with Crippen molar-refractivity contribution in [2.75, 3.05) is 0 Å². The van der Waals surface area contributed by atoms with E-state index in [0.29, 0.717) is 0 Å². The topological polar surface area (TPSA) is 84.1 Å². The maximum absolute atomic E-state index is 10.3. The Bertz CT molecular complexity index is 156. The van der Waals surface area contributed by atoms with Crippen molar-refractivity contribution in [3.8, 4) is 0 Å². The fraction of sp³-hybridized carbons (Fsp3) is 0. The molecule has 0 aromatic heterocycles. The highest BCUT2D eigenvalue weighted by Crippen LogP contribution is 1.89. The third-order valence-electron chi connectivity index (χ3n) is 0.684. The Balaban J connectivity index is 0.000000810. The number of hydrogen-bond donors (Lipinski definition) is 0. The summed E-state index contributed by atoms with van der Waals surface area (Å²) < 4.78 is 8.78. The van der Waals surface area contributed by atoms with Crippen LogP contribution in [-0.4, -0.2) is 33.3 Å². The molecule has 6 heteroatoms. The molecule has 0 saturated heterocycles. The summed E-state index contributed by atoms with van der Waals surface area (Å²) in [4.78, 5) is 20.6. The Hall–Kier alpha value is -0.828. The molecular weight excluding hydrogens is 155 g/mol. The maximum atomic E-state index is 10.3. The van der Waals surface area contributed by atoms with Crippen molar-refractivity contribution in [1.82, 2.24) is 0 Å². The highest BCUT2D eigenvalue weighted by Gasteiger charge is 2.13. The lowest BCUT2D eigenvalue weighted by Crippen LogP contribution is -2.08. The Morgan fingerprint density at radius 1 is 1.10 bits per heavy atom. The highest BCUT2D eigenvalue weighted by atomic mass is 27.2. The van der Waals surface area contributed by atoms with E-state index < -0.39 is 27.8 Å². The zero-order chi connectivity index (χ0) is 6.69. The third-order valence-corrected chi connectivity index (χ3v) is 1.34. The van der Waals surface area contributed by atoms with Crippen molar-refractivity contribution >= 4 is 27.8 Å². The molecule has 10 heavy (non-hydrogen) atoms. The monoisotopic (exact) mass is 159 g/mol. The summed E-state index contributed by atoms with van der Waals surface area (Å²) in [5.41, 5.74) is 0. The van der Waals surface area contributed by atoms with Crippen LogP contribution in [0, 0.1) is 0 Å². The molecule has 0 unspecified atom stereocenters. The van der Waals surface area contributed by atoms with Crippen LogP contribution in [0.2, 0.25) is 0 Å². The first-order valence-electron chi connectivity index (χ1n) is 2.20. The number of hydrogen-bond acceptors (Lipinski definition) is 4. The molecular formula is C4H4AlO5. The van der Waals surface area contributed by atoms with E-state index in [4.69, 9.17) is 0 Å². The molecule has 53 valence electrons. The lowest BCUT2D eigenvalue weighted by Gasteiger charge is -1.93. The van der Waals surface area contributed by atoms with E-state index in [0.717, 1.165) is 12.2 Å². The predicted octanol–water partition coefficient (Wildman–Crippen LogP) is -1.65. The molecule has 1 aliphatic heterocycles. The van der Waals surface area contributed by atoms with Crippen LogP contribution in [0.15, 0.2) is 12.2 Å². The molecule has 0 atom stereocenters. The van der Waals surface area contributed by atoms with Crippen LogP contribution in [0.1, 0.15) is 0 Å². The smallest absolute Gasteiger partial charge is 0.586 e. The second-order valence-corrected chi connectivity index (χ2v) is 1.97. The van der Waals surface area contributed by atoms with Crippen molar-refractivity contribution < 1.29 is 22.6 Å². The Morgan fingerprint density at radius 2 is 1.50 bits per heavy atom. The van der Waals surface area contributed by atoms with Crippen LogP contribution in [0.3, 0.4) is 0 Å². The molecule has 1 heterocycles. The standard InChI is InChI=1S/C4H4O4.Al.H2O/c5-3(6)1-2-4(7)8;;/h1-2H,(H,5,6)(H,7,8);;1H2/q;+2;/p-2. The molecule has 0 spiro atoms. The van der Waals surface area contributed by atoms with Crippen molar-refractivity contribution in [1.29, 1.82) is 0 Å². The lowest BCUT2D eigenvalue weighted by atomic mass is 10.5. The van der Waals surface area contributed by atoms with Gasteiger partial charge in [-0.05, 0) is 0 Å². The summed E-state index contributed by atoms with van der Waals surface area (Å²) in [6, 6.07) is 0. The van der Waals surface area contributed by atoms with E-state index in [9.17, 15) is 9.59 Å². The van der Waals surface area contributed by atoms with Gasteiger partial charge in [0.2, 0.25) is 0 Å². The molecule has 5 nitrogen and oxygen atoms in total. The van der Waals surface area contributed by atoms with E-state index in [1.165, 1.54) is 0 Å². The number of rotatable bonds is 0. The SMILES string of the molecule is O.O=C1C=CC(=O)[O][Al][O]1. The minimum atomic E-state index is -0.944. The average molecular weight is 159 g/mol. The summed E-state index contributed by atoms with van der Waals surface area (Å²) in [5.74, 6) is -1.04. The van der Waals surface area contributed by atoms with Crippen LogP contribution in [-0.2, 0) is 17.2 Å². The van der Waals surface area contributed by atoms with E-state index in [2.05, 4.69) is 7.58 Å². The molecule has 1 aliphatic rings. The van der Waals surface area contributed by atoms with Gasteiger partial charge in [0.05, 0.1) is 0 Å². The van der Waals surface area contributed by atoms with Gasteiger partial charge < -0.3 is 13.1 Å². The predicted molar refractivity (Wildman–Crippen MR) is 30.7 cm³/mol. The van der Waals surface area contributed by atoms with E-state index >= 15 is 0 Å². The van der Waals surface area contributed by atoms with Gasteiger partial charge in [-0.1, -0.05) is 0 Å². The fourth-order valence-electron chi connectivity index (χ4n) is 0.334. The Labute approximate surface area is 63.3 Å². The zero-order valence-electron chi connectivity index (χ0n) is 4.87. The Morgan fingerprint density at radius 3 is 1.90 bits per heavy atom. The van der Waals surface area contributed by atoms with Gasteiger partial charge in [-0.15, -0.1) is 0 Å². The van der Waals surface area contributed by atoms with Crippen molar-refractivity contribution in [3.05, 3.63) is 12.2 Å². The lowest BCUT2D eigenvalue weighted by molar-refractivity contribution is -0.131. The van der Waals surface area contributed by atoms with Gasteiger partial charge >= 0.3 is 15.9 Å². The largest absolute Gasteiger partial charge is 0.886 e. The van der Waals surface area contributed by atoms with Gasteiger partial charge in [0.25, 0.3) is 11.9 Å². The van der Waals surface area contributed by atoms with Crippen molar-refractivity contribution in [2.45, 2.75) is 0 Å². The van der Waals surface area contributed by atoms with Gasteiger partial charge in [-0.25, -0.2) is 0 Å². The zero-order valence-corrected chi connectivity index (χ0v) is 6.02. The minimum absolute atomic E-state index is 0. The first-order valence-corrected chi connectivity index (χ1v) is 3.14. The number of carbonyl (C=O) groups is 2. The van der Waals surface area contributed by atoms with Gasteiger partial charge in [0, 0.05) is 12.2 Å². The normalized spacial score (nSPS) is 15.6. The third kappa shape index (κ3) is 2.64. The minimum Gasteiger partial charge on any atom is -0.586 e. The van der Waals surface area contributed by atoms with Crippen LogP contribution < -0.4 is 0 Å². The van der Waals surface area contributed by atoms with Crippen LogP contribution in [0.5, 0.6) is 0 Å². The molecule has 0 amide bonds. The fourth-order valence-corrected chi connectivity index (χ4v) is 0.728. The molecule has 0 bridgehead atoms. The first kappa shape index (κ1) is 9.17. The van der Waals surface area contributed by atoms with Gasteiger partial charge in [0.1, 0.15) is 0 Å². The summed E-state index contributed by atoms with van der Waals surface area (Å²) in [6.45, 7) is 0. The molecule has 0 aromatic rings. The summed E-state index contributed by atoms with van der Waals surface area (Å²) in [6.07, 6.45) is 2.09. The molecule has 1 rings (SSSR count). The summed E-state index contributed by atoms with van der Waals surface area (Å²) in [7, 11) is 0. The highest BCUT2D eigenvalue weighted by molar-refractivity contribution is 6.28. The summed E-state index contributed by atoms with van der Waals surface area (Å²) >= 11 is -0.944. The quantitative estimate of drug-likeness (QED) is 0.396. The molecule has 0 saturated carbocycles. The van der Waals surface area contributed by atoms with Crippen LogP contribution >= 0.6 is 0 Å². The van der Waals surface area contributed by atoms with E-state index in [1.54, 1.807) is 0 Å². The van der Waals surface area contributed by atoms with E-state index in [1.807, 2.05) is 0 Å². The first-order chi connectivity index (χ1) is 4.29. The van der Waals surface area contributed by atoms with Crippen molar-refractivity contribution in [3.63, 3.8) is 0 Å². The molecule has 0 fully saturated rings. The van der Waals surface area contributed by atoms with Crippen molar-refractivity contribution in [2.24, 2.45) is 0 Å². The van der Waals surface area contributed by atoms with Gasteiger partial charge in [-0.2, -0.15) is 0 Å². The van der Waals surface area contributed by atoms with Gasteiger partial charge in [0.15, 0.2) is 0 Å².